The number of ether oxygens (including phenoxy) is 1. The fourth-order valence-corrected chi connectivity index (χ4v) is 2.88. The summed E-state index contributed by atoms with van der Waals surface area (Å²) < 4.78 is 4.65. The lowest BCUT2D eigenvalue weighted by atomic mass is 10.1. The van der Waals surface area contributed by atoms with Crippen LogP contribution in [0.2, 0.25) is 0 Å². The molecule has 22 heavy (non-hydrogen) atoms. The van der Waals surface area contributed by atoms with Gasteiger partial charge in [0.25, 0.3) is 0 Å². The van der Waals surface area contributed by atoms with Crippen LogP contribution in [0.15, 0.2) is 35.9 Å². The minimum absolute atomic E-state index is 0.00664. The van der Waals surface area contributed by atoms with Crippen molar-refractivity contribution in [1.29, 1.82) is 0 Å². The van der Waals surface area contributed by atoms with E-state index in [1.54, 1.807) is 24.3 Å². The van der Waals surface area contributed by atoms with Crippen LogP contribution in [0.4, 0.5) is 5.69 Å². The van der Waals surface area contributed by atoms with Crippen LogP contribution in [0.25, 0.3) is 0 Å². The van der Waals surface area contributed by atoms with Gasteiger partial charge in [-0.2, -0.15) is 0 Å². The first kappa shape index (κ1) is 16.3. The number of amides is 1. The number of hydrogen-bond donors (Lipinski definition) is 1. The van der Waals surface area contributed by atoms with Crippen molar-refractivity contribution in [2.45, 2.75) is 27.7 Å². The molecule has 4 heteroatoms. The lowest BCUT2D eigenvalue weighted by Crippen LogP contribution is -2.17. The molecule has 2 rings (SSSR count). The molecule has 0 aliphatic heterocycles. The van der Waals surface area contributed by atoms with Gasteiger partial charge < -0.3 is 10.1 Å². The molecule has 1 amide bonds. The van der Waals surface area contributed by atoms with Gasteiger partial charge in [-0.1, -0.05) is 25.5 Å². The lowest BCUT2D eigenvalue weighted by Gasteiger charge is -2.07. The van der Waals surface area contributed by atoms with Gasteiger partial charge in [-0.3, -0.25) is 4.79 Å². The predicted octanol–water partition coefficient (Wildman–Crippen LogP) is 3.65. The summed E-state index contributed by atoms with van der Waals surface area (Å²) in [6.45, 7) is 8.33. The molecule has 2 atom stereocenters. The minimum Gasteiger partial charge on any atom is -0.465 e. The molecule has 1 aliphatic rings. The molecule has 1 saturated carbocycles. The van der Waals surface area contributed by atoms with Gasteiger partial charge in [0.1, 0.15) is 0 Å². The normalized spacial score (nSPS) is 21.7. The van der Waals surface area contributed by atoms with Crippen LogP contribution in [0.1, 0.15) is 38.1 Å². The Hall–Kier alpha value is -2.10. The second-order valence-electron chi connectivity index (χ2n) is 6.63. The molecule has 1 aliphatic carbocycles. The van der Waals surface area contributed by atoms with E-state index in [4.69, 9.17) is 0 Å². The van der Waals surface area contributed by atoms with E-state index in [0.29, 0.717) is 11.3 Å². The zero-order chi connectivity index (χ0) is 16.5. The van der Waals surface area contributed by atoms with Gasteiger partial charge in [-0.15, -0.1) is 0 Å². The minimum atomic E-state index is -0.384. The van der Waals surface area contributed by atoms with E-state index in [1.807, 2.05) is 0 Å². The molecule has 0 saturated heterocycles. The summed E-state index contributed by atoms with van der Waals surface area (Å²) in [5, 5.41) is 2.93. The van der Waals surface area contributed by atoms with E-state index in [9.17, 15) is 9.59 Å². The summed E-state index contributed by atoms with van der Waals surface area (Å²) in [5.41, 5.74) is 2.38. The van der Waals surface area contributed by atoms with Gasteiger partial charge in [0.2, 0.25) is 5.91 Å². The van der Waals surface area contributed by atoms with Crippen molar-refractivity contribution in [3.05, 3.63) is 41.5 Å². The summed E-state index contributed by atoms with van der Waals surface area (Å²) in [6.07, 6.45) is 2.17. The van der Waals surface area contributed by atoms with Gasteiger partial charge in [0.05, 0.1) is 18.6 Å². The Labute approximate surface area is 131 Å². The predicted molar refractivity (Wildman–Crippen MR) is 86.6 cm³/mol. The first-order valence-corrected chi connectivity index (χ1v) is 7.41. The Balaban J connectivity index is 2.04. The second kappa shape index (κ2) is 5.95. The highest BCUT2D eigenvalue weighted by Crippen LogP contribution is 2.59. The molecule has 118 valence electrons. The van der Waals surface area contributed by atoms with Crippen molar-refractivity contribution in [3.8, 4) is 0 Å². The maximum absolute atomic E-state index is 12.4. The van der Waals surface area contributed by atoms with E-state index in [1.165, 1.54) is 12.7 Å². The molecule has 1 aromatic carbocycles. The number of rotatable bonds is 4. The Morgan fingerprint density at radius 3 is 2.27 bits per heavy atom. The molecule has 1 aromatic rings. The molecular formula is C18H23NO3. The van der Waals surface area contributed by atoms with Crippen molar-refractivity contribution < 1.29 is 14.3 Å². The molecule has 0 bridgehead atoms. The number of allylic oxidation sites excluding steroid dienone is 2. The number of carbonyl (C=O) groups excluding carboxylic acids is 2. The maximum Gasteiger partial charge on any atom is 0.337 e. The number of esters is 1. The van der Waals surface area contributed by atoms with Crippen LogP contribution >= 0.6 is 0 Å². The summed E-state index contributed by atoms with van der Waals surface area (Å²) >= 11 is 0. The first-order valence-electron chi connectivity index (χ1n) is 7.41. The maximum atomic E-state index is 12.4. The van der Waals surface area contributed by atoms with Crippen molar-refractivity contribution in [2.24, 2.45) is 17.3 Å². The smallest absolute Gasteiger partial charge is 0.337 e. The van der Waals surface area contributed by atoms with Crippen molar-refractivity contribution in [3.63, 3.8) is 0 Å². The highest BCUT2D eigenvalue weighted by atomic mass is 16.5. The van der Waals surface area contributed by atoms with Crippen LogP contribution in [0.5, 0.6) is 0 Å². The third-order valence-corrected chi connectivity index (χ3v) is 4.28. The summed E-state index contributed by atoms with van der Waals surface area (Å²) in [4.78, 5) is 23.8. The number of anilines is 1. The molecule has 1 fully saturated rings. The highest BCUT2D eigenvalue weighted by Gasteiger charge is 2.60. The van der Waals surface area contributed by atoms with Gasteiger partial charge >= 0.3 is 5.97 Å². The highest BCUT2D eigenvalue weighted by molar-refractivity contribution is 5.96. The Morgan fingerprint density at radius 2 is 1.77 bits per heavy atom. The number of benzene rings is 1. The fourth-order valence-electron chi connectivity index (χ4n) is 2.88. The van der Waals surface area contributed by atoms with Crippen molar-refractivity contribution >= 4 is 17.6 Å². The molecule has 4 nitrogen and oxygen atoms in total. The molecule has 0 radical (unpaired) electrons. The Bertz CT molecular complexity index is 610. The summed E-state index contributed by atoms with van der Waals surface area (Å²) in [7, 11) is 1.34. The first-order chi connectivity index (χ1) is 10.3. The lowest BCUT2D eigenvalue weighted by molar-refractivity contribution is -0.118. The van der Waals surface area contributed by atoms with Crippen LogP contribution < -0.4 is 5.32 Å². The number of hydrogen-bond acceptors (Lipinski definition) is 3. The van der Waals surface area contributed by atoms with Gasteiger partial charge in [0.15, 0.2) is 0 Å². The standard InChI is InChI=1S/C18H23NO3/c1-11(2)10-14-15(18(14,3)4)16(20)19-13-8-6-12(7-9-13)17(21)22-5/h6-10,14-15H,1-5H3,(H,19,20). The molecule has 0 spiro atoms. The zero-order valence-corrected chi connectivity index (χ0v) is 13.8. The summed E-state index contributed by atoms with van der Waals surface area (Å²) in [6, 6.07) is 6.73. The SMILES string of the molecule is COC(=O)c1ccc(NC(=O)C2C(C=C(C)C)C2(C)C)cc1. The third-order valence-electron chi connectivity index (χ3n) is 4.28. The largest absolute Gasteiger partial charge is 0.465 e. The molecule has 1 N–H and O–H groups in total. The topological polar surface area (TPSA) is 55.4 Å². The fraction of sp³-hybridized carbons (Fsp3) is 0.444. The van der Waals surface area contributed by atoms with E-state index >= 15 is 0 Å². The molecule has 2 unspecified atom stereocenters. The average molecular weight is 301 g/mol. The Morgan fingerprint density at radius 1 is 1.18 bits per heavy atom. The van der Waals surface area contributed by atoms with E-state index in [2.05, 4.69) is 43.8 Å². The van der Waals surface area contributed by atoms with E-state index in [-0.39, 0.29) is 29.1 Å². The van der Waals surface area contributed by atoms with Crippen LogP contribution in [-0.4, -0.2) is 19.0 Å². The van der Waals surface area contributed by atoms with Gasteiger partial charge in [0, 0.05) is 5.69 Å². The molecular weight excluding hydrogens is 278 g/mol. The van der Waals surface area contributed by atoms with Crippen LogP contribution in [0.3, 0.4) is 0 Å². The van der Waals surface area contributed by atoms with Gasteiger partial charge in [-0.25, -0.2) is 4.79 Å². The molecule has 0 heterocycles. The van der Waals surface area contributed by atoms with Crippen LogP contribution in [-0.2, 0) is 9.53 Å². The Kier molecular flexibility index (Phi) is 4.40. The quantitative estimate of drug-likeness (QED) is 0.682. The third kappa shape index (κ3) is 3.21. The van der Waals surface area contributed by atoms with Gasteiger partial charge in [-0.05, 0) is 49.4 Å². The summed E-state index contributed by atoms with van der Waals surface area (Å²) in [5.74, 6) is -0.0855. The van der Waals surface area contributed by atoms with E-state index in [0.717, 1.165) is 0 Å². The zero-order valence-electron chi connectivity index (χ0n) is 13.8. The molecule has 0 aromatic heterocycles. The van der Waals surface area contributed by atoms with Crippen molar-refractivity contribution in [2.75, 3.05) is 12.4 Å². The number of carbonyl (C=O) groups is 2. The number of methoxy groups -OCH3 is 1. The van der Waals surface area contributed by atoms with E-state index < -0.39 is 0 Å². The monoisotopic (exact) mass is 301 g/mol. The van der Waals surface area contributed by atoms with Crippen molar-refractivity contribution in [1.82, 2.24) is 0 Å². The number of nitrogens with one attached hydrogen (secondary N) is 1. The average Bonchev–Trinajstić information content (AvgIpc) is 2.99. The van der Waals surface area contributed by atoms with Crippen LogP contribution in [0, 0.1) is 17.3 Å². The second-order valence-corrected chi connectivity index (χ2v) is 6.63.